The number of aromatic nitrogens is 1. The zero-order chi connectivity index (χ0) is 27.5. The van der Waals surface area contributed by atoms with Gasteiger partial charge in [-0.15, -0.1) is 0 Å². The molecule has 0 spiro atoms. The van der Waals surface area contributed by atoms with Crippen LogP contribution in [0.25, 0.3) is 0 Å². The number of methoxy groups -OCH3 is 1. The van der Waals surface area contributed by atoms with Crippen molar-refractivity contribution < 1.29 is 34.7 Å². The SMILES string of the molecule is COc1cc(C[C@H](Cc2cc[n-]c2)[C@H](O)CC(=O)CCc2ccc(O)c(OCNC[C@H](C)O)c2)ccc1O. The first-order valence-corrected chi connectivity index (χ1v) is 12.7. The molecule has 1 heterocycles. The lowest BCUT2D eigenvalue weighted by Crippen LogP contribution is -2.28. The highest BCUT2D eigenvalue weighted by atomic mass is 16.5. The largest absolute Gasteiger partial charge is 0.670 e. The fraction of sp³-hybridized carbons (Fsp3) is 0.414. The molecule has 206 valence electrons. The standard InChI is InChI=1S/C29H37N2O7/c1-19(32)16-31-18-38-29-13-20(4-7-26(29)35)3-6-24(33)15-27(36)23(12-22-9-10-30-17-22)11-21-5-8-25(34)28(14-21)37-2/h4-5,7-10,13-14,17,19,23,27,31-32,34-36H,3,6,11-12,15-16,18H2,1-2H3/q-1/t19-,23+,27+/m0/s1. The number of aliphatic hydroxyl groups excluding tert-OH is 2. The number of aromatic hydroxyl groups is 2. The van der Waals surface area contributed by atoms with E-state index in [0.717, 1.165) is 16.7 Å². The van der Waals surface area contributed by atoms with Crippen LogP contribution in [0.1, 0.15) is 36.5 Å². The topological polar surface area (TPSA) is 143 Å². The van der Waals surface area contributed by atoms with Crippen molar-refractivity contribution in [2.24, 2.45) is 5.92 Å². The van der Waals surface area contributed by atoms with Gasteiger partial charge in [0.1, 0.15) is 12.5 Å². The summed E-state index contributed by atoms with van der Waals surface area (Å²) >= 11 is 0. The Morgan fingerprint density at radius 3 is 2.34 bits per heavy atom. The smallest absolute Gasteiger partial charge is 0.163 e. The number of carbonyl (C=O) groups is 1. The predicted molar refractivity (Wildman–Crippen MR) is 143 cm³/mol. The van der Waals surface area contributed by atoms with Gasteiger partial charge >= 0.3 is 0 Å². The van der Waals surface area contributed by atoms with E-state index in [0.29, 0.717) is 37.3 Å². The minimum absolute atomic E-state index is 0.00921. The number of hydrogen-bond acceptors (Lipinski definition) is 8. The van der Waals surface area contributed by atoms with Gasteiger partial charge in [0.2, 0.25) is 0 Å². The molecular weight excluding hydrogens is 488 g/mol. The molecule has 3 atom stereocenters. The normalized spacial score (nSPS) is 13.6. The fourth-order valence-corrected chi connectivity index (χ4v) is 4.25. The van der Waals surface area contributed by atoms with Crippen LogP contribution >= 0.6 is 0 Å². The van der Waals surface area contributed by atoms with E-state index in [9.17, 15) is 25.2 Å². The molecule has 0 aliphatic rings. The molecule has 0 fully saturated rings. The molecule has 9 heteroatoms. The molecule has 0 saturated carbocycles. The second-order valence-corrected chi connectivity index (χ2v) is 9.55. The lowest BCUT2D eigenvalue weighted by atomic mass is 9.86. The van der Waals surface area contributed by atoms with E-state index in [2.05, 4.69) is 10.3 Å². The molecule has 0 aliphatic heterocycles. The van der Waals surface area contributed by atoms with Gasteiger partial charge in [-0.25, -0.2) is 0 Å². The zero-order valence-corrected chi connectivity index (χ0v) is 21.8. The number of hydrogen-bond donors (Lipinski definition) is 5. The van der Waals surface area contributed by atoms with Crippen molar-refractivity contribution in [2.75, 3.05) is 20.4 Å². The second-order valence-electron chi connectivity index (χ2n) is 9.55. The minimum atomic E-state index is -0.865. The Balaban J connectivity index is 1.58. The molecule has 0 aliphatic carbocycles. The number of benzene rings is 2. The van der Waals surface area contributed by atoms with E-state index in [4.69, 9.17) is 9.47 Å². The summed E-state index contributed by atoms with van der Waals surface area (Å²) in [5.74, 6) is 0.381. The first-order chi connectivity index (χ1) is 18.2. The third kappa shape index (κ3) is 9.09. The summed E-state index contributed by atoms with van der Waals surface area (Å²) in [5.41, 5.74) is 2.69. The molecule has 0 radical (unpaired) electrons. The quantitative estimate of drug-likeness (QED) is 0.141. The first-order valence-electron chi connectivity index (χ1n) is 12.7. The number of nitrogens with one attached hydrogen (secondary N) is 1. The van der Waals surface area contributed by atoms with Gasteiger partial charge in [0, 0.05) is 19.4 Å². The zero-order valence-electron chi connectivity index (χ0n) is 21.8. The van der Waals surface area contributed by atoms with Gasteiger partial charge in [-0.05, 0) is 67.5 Å². The molecule has 0 bridgehead atoms. The molecule has 2 aromatic carbocycles. The van der Waals surface area contributed by atoms with Crippen molar-refractivity contribution >= 4 is 5.78 Å². The van der Waals surface area contributed by atoms with E-state index in [1.165, 1.54) is 13.2 Å². The highest BCUT2D eigenvalue weighted by Crippen LogP contribution is 2.30. The van der Waals surface area contributed by atoms with Crippen LogP contribution in [0, 0.1) is 5.92 Å². The summed E-state index contributed by atoms with van der Waals surface area (Å²) in [6.45, 7) is 2.14. The highest BCUT2D eigenvalue weighted by molar-refractivity contribution is 5.79. The maximum absolute atomic E-state index is 12.8. The number of aliphatic hydroxyl groups is 2. The van der Waals surface area contributed by atoms with Gasteiger partial charge < -0.3 is 34.9 Å². The van der Waals surface area contributed by atoms with Crippen LogP contribution in [0.2, 0.25) is 0 Å². The number of aryl methyl sites for hydroxylation is 1. The number of phenols is 2. The van der Waals surface area contributed by atoms with Gasteiger partial charge in [-0.2, -0.15) is 12.4 Å². The van der Waals surface area contributed by atoms with E-state index in [-0.39, 0.29) is 42.8 Å². The van der Waals surface area contributed by atoms with E-state index < -0.39 is 12.2 Å². The maximum atomic E-state index is 12.8. The van der Waals surface area contributed by atoms with Crippen molar-refractivity contribution in [2.45, 2.75) is 51.2 Å². The molecule has 3 rings (SSSR count). The summed E-state index contributed by atoms with van der Waals surface area (Å²) in [5, 5.41) is 43.2. The van der Waals surface area contributed by atoms with Gasteiger partial charge in [-0.3, -0.25) is 10.1 Å². The summed E-state index contributed by atoms with van der Waals surface area (Å²) < 4.78 is 10.7. The Kier molecular flexibility index (Phi) is 11.0. The van der Waals surface area contributed by atoms with Crippen molar-refractivity contribution in [3.05, 3.63) is 71.5 Å². The average molecular weight is 526 g/mol. The average Bonchev–Trinajstić information content (AvgIpc) is 3.40. The Hall–Kier alpha value is -3.53. The van der Waals surface area contributed by atoms with E-state index in [1.807, 2.05) is 6.07 Å². The first kappa shape index (κ1) is 29.0. The molecule has 5 N–H and O–H groups in total. The molecular formula is C29H37N2O7-. The lowest BCUT2D eigenvalue weighted by molar-refractivity contribution is -0.121. The van der Waals surface area contributed by atoms with Crippen molar-refractivity contribution in [1.29, 1.82) is 0 Å². The Bertz CT molecular complexity index is 1150. The van der Waals surface area contributed by atoms with Crippen LogP contribution in [0.3, 0.4) is 0 Å². The Morgan fingerprint density at radius 2 is 1.66 bits per heavy atom. The van der Waals surface area contributed by atoms with Crippen molar-refractivity contribution in [3.8, 4) is 23.0 Å². The van der Waals surface area contributed by atoms with Crippen LogP contribution in [-0.4, -0.2) is 58.8 Å². The van der Waals surface area contributed by atoms with Crippen LogP contribution in [-0.2, 0) is 24.1 Å². The molecule has 0 saturated heterocycles. The number of Topliss-reactive ketones (excluding diaryl/α,β-unsaturated/α-hetero) is 1. The van der Waals surface area contributed by atoms with E-state index in [1.54, 1.807) is 49.6 Å². The summed E-state index contributed by atoms with van der Waals surface area (Å²) in [6.07, 6.45) is 3.82. The van der Waals surface area contributed by atoms with Gasteiger partial charge in [0.25, 0.3) is 0 Å². The van der Waals surface area contributed by atoms with Gasteiger partial charge in [0.15, 0.2) is 23.0 Å². The van der Waals surface area contributed by atoms with Gasteiger partial charge in [0.05, 0.1) is 19.3 Å². The molecule has 38 heavy (non-hydrogen) atoms. The predicted octanol–water partition coefficient (Wildman–Crippen LogP) is 2.72. The van der Waals surface area contributed by atoms with Crippen molar-refractivity contribution in [3.63, 3.8) is 0 Å². The number of ketones is 1. The third-order valence-electron chi connectivity index (χ3n) is 6.32. The van der Waals surface area contributed by atoms with Gasteiger partial charge in [-0.1, -0.05) is 23.8 Å². The monoisotopic (exact) mass is 525 g/mol. The number of nitrogens with zero attached hydrogens (tertiary/aromatic N) is 1. The number of ether oxygens (including phenoxy) is 2. The molecule has 0 unspecified atom stereocenters. The number of carbonyl (C=O) groups excluding carboxylic acids is 1. The molecule has 3 aromatic rings. The summed E-state index contributed by atoms with van der Waals surface area (Å²) in [6, 6.07) is 11.9. The maximum Gasteiger partial charge on any atom is 0.163 e. The molecule has 0 amide bonds. The molecule has 1 aromatic heterocycles. The van der Waals surface area contributed by atoms with Crippen molar-refractivity contribution in [1.82, 2.24) is 10.3 Å². The number of rotatable bonds is 16. The third-order valence-corrected chi connectivity index (χ3v) is 6.32. The van der Waals surface area contributed by atoms with Crippen LogP contribution in [0.15, 0.2) is 54.9 Å². The Labute approximate surface area is 223 Å². The van der Waals surface area contributed by atoms with Crippen LogP contribution < -0.4 is 19.8 Å². The number of phenolic OH excluding ortho intramolecular Hbond substituents is 2. The lowest BCUT2D eigenvalue weighted by Gasteiger charge is -2.23. The second kappa shape index (κ2) is 14.4. The summed E-state index contributed by atoms with van der Waals surface area (Å²) in [4.78, 5) is 16.9. The highest BCUT2D eigenvalue weighted by Gasteiger charge is 2.23. The molecule has 9 nitrogen and oxygen atoms in total. The van der Waals surface area contributed by atoms with E-state index >= 15 is 0 Å². The van der Waals surface area contributed by atoms with Crippen LogP contribution in [0.4, 0.5) is 0 Å². The Morgan fingerprint density at radius 1 is 0.974 bits per heavy atom. The summed E-state index contributed by atoms with van der Waals surface area (Å²) in [7, 11) is 1.48. The minimum Gasteiger partial charge on any atom is -0.670 e. The fourth-order valence-electron chi connectivity index (χ4n) is 4.25. The van der Waals surface area contributed by atoms with Crippen LogP contribution in [0.5, 0.6) is 23.0 Å².